The fourth-order valence-electron chi connectivity index (χ4n) is 2.55. The van der Waals surface area contributed by atoms with Crippen molar-refractivity contribution < 1.29 is 8.42 Å². The number of rotatable bonds is 3. The van der Waals surface area contributed by atoms with Gasteiger partial charge in [-0.2, -0.15) is 5.10 Å². The molecule has 7 heteroatoms. The fraction of sp³-hybridized carbons (Fsp3) is 0.750. The molecular formula is C12H22N4O2S. The van der Waals surface area contributed by atoms with Gasteiger partial charge < -0.3 is 5.32 Å². The zero-order chi connectivity index (χ0) is 14.3. The fourth-order valence-corrected chi connectivity index (χ4v) is 4.35. The first-order chi connectivity index (χ1) is 8.74. The largest absolute Gasteiger partial charge is 0.316 e. The molecule has 0 spiro atoms. The number of nitrogens with one attached hydrogen (secondary N) is 2. The van der Waals surface area contributed by atoms with Crippen molar-refractivity contribution in [1.29, 1.82) is 0 Å². The van der Waals surface area contributed by atoms with Crippen molar-refractivity contribution in [2.75, 3.05) is 13.1 Å². The van der Waals surface area contributed by atoms with Crippen molar-refractivity contribution in [2.24, 2.45) is 12.5 Å². The molecule has 1 saturated heterocycles. The van der Waals surface area contributed by atoms with Gasteiger partial charge in [0.05, 0.1) is 6.20 Å². The molecule has 2 heterocycles. The topological polar surface area (TPSA) is 76.0 Å². The van der Waals surface area contributed by atoms with E-state index in [0.29, 0.717) is 5.56 Å². The number of hydrogen-bond acceptors (Lipinski definition) is 4. The molecule has 0 aliphatic carbocycles. The second-order valence-corrected chi connectivity index (χ2v) is 7.51. The average molecular weight is 286 g/mol. The van der Waals surface area contributed by atoms with E-state index in [1.807, 2.05) is 0 Å². The SMILES string of the molecule is Cc1cnn(C)c1S(=O)(=O)NC1CCNCC1(C)C. The number of nitrogens with zero attached hydrogens (tertiary/aromatic N) is 2. The van der Waals surface area contributed by atoms with E-state index in [9.17, 15) is 8.42 Å². The summed E-state index contributed by atoms with van der Waals surface area (Å²) in [5.41, 5.74) is 0.569. The molecule has 2 rings (SSSR count). The van der Waals surface area contributed by atoms with Crippen molar-refractivity contribution in [1.82, 2.24) is 19.8 Å². The molecule has 19 heavy (non-hydrogen) atoms. The van der Waals surface area contributed by atoms with E-state index >= 15 is 0 Å². The van der Waals surface area contributed by atoms with Gasteiger partial charge in [-0.05, 0) is 25.3 Å². The van der Waals surface area contributed by atoms with Crippen LogP contribution in [0.2, 0.25) is 0 Å². The lowest BCUT2D eigenvalue weighted by molar-refractivity contribution is 0.206. The highest BCUT2D eigenvalue weighted by Crippen LogP contribution is 2.27. The molecule has 6 nitrogen and oxygen atoms in total. The van der Waals surface area contributed by atoms with Crippen LogP contribution < -0.4 is 10.0 Å². The standard InChI is InChI=1S/C12H22N4O2S/c1-9-7-14-16(4)11(9)19(17,18)15-10-5-6-13-8-12(10,2)3/h7,10,13,15H,5-6,8H2,1-4H3. The van der Waals surface area contributed by atoms with Gasteiger partial charge in [0, 0.05) is 25.2 Å². The van der Waals surface area contributed by atoms with Gasteiger partial charge in [-0.15, -0.1) is 0 Å². The first-order valence-corrected chi connectivity index (χ1v) is 7.94. The Morgan fingerprint density at radius 2 is 2.21 bits per heavy atom. The highest BCUT2D eigenvalue weighted by Gasteiger charge is 2.36. The van der Waals surface area contributed by atoms with Crippen molar-refractivity contribution >= 4 is 10.0 Å². The summed E-state index contributed by atoms with van der Waals surface area (Å²) < 4.78 is 29.2. The number of hydrogen-bond donors (Lipinski definition) is 2. The number of piperidine rings is 1. The molecule has 1 unspecified atom stereocenters. The van der Waals surface area contributed by atoms with Gasteiger partial charge in [0.1, 0.15) is 0 Å². The average Bonchev–Trinajstić information content (AvgIpc) is 2.62. The van der Waals surface area contributed by atoms with Crippen LogP contribution in [0.3, 0.4) is 0 Å². The van der Waals surface area contributed by atoms with E-state index in [1.165, 1.54) is 4.68 Å². The Labute approximate surface area is 114 Å². The Morgan fingerprint density at radius 3 is 2.74 bits per heavy atom. The van der Waals surface area contributed by atoms with Crippen LogP contribution in [-0.4, -0.2) is 37.3 Å². The van der Waals surface area contributed by atoms with Crippen LogP contribution in [0.4, 0.5) is 0 Å². The molecule has 0 bridgehead atoms. The Bertz CT molecular complexity index is 543. The van der Waals surface area contributed by atoms with Crippen LogP contribution in [0.25, 0.3) is 0 Å². The maximum absolute atomic E-state index is 12.5. The summed E-state index contributed by atoms with van der Waals surface area (Å²) in [5.74, 6) is 0. The zero-order valence-corrected chi connectivity index (χ0v) is 12.7. The van der Waals surface area contributed by atoms with Crippen molar-refractivity contribution in [3.8, 4) is 0 Å². The molecule has 1 aliphatic rings. The van der Waals surface area contributed by atoms with Crippen LogP contribution in [0.5, 0.6) is 0 Å². The molecule has 0 saturated carbocycles. The van der Waals surface area contributed by atoms with Crippen molar-refractivity contribution in [2.45, 2.75) is 38.3 Å². The van der Waals surface area contributed by atoms with Gasteiger partial charge >= 0.3 is 0 Å². The first-order valence-electron chi connectivity index (χ1n) is 6.46. The summed E-state index contributed by atoms with van der Waals surface area (Å²) in [6.45, 7) is 7.55. The number of aromatic nitrogens is 2. The van der Waals surface area contributed by atoms with Gasteiger partial charge in [0.25, 0.3) is 10.0 Å². The zero-order valence-electron chi connectivity index (χ0n) is 11.9. The minimum Gasteiger partial charge on any atom is -0.316 e. The summed E-state index contributed by atoms with van der Waals surface area (Å²) in [4.78, 5) is 0. The Balaban J connectivity index is 2.27. The highest BCUT2D eigenvalue weighted by molar-refractivity contribution is 7.89. The second kappa shape index (κ2) is 4.88. The molecule has 1 aromatic heterocycles. The maximum atomic E-state index is 12.5. The Kier molecular flexibility index (Phi) is 3.72. The van der Waals surface area contributed by atoms with Crippen molar-refractivity contribution in [3.63, 3.8) is 0 Å². The van der Waals surface area contributed by atoms with Crippen molar-refractivity contribution in [3.05, 3.63) is 11.8 Å². The van der Waals surface area contributed by atoms with Gasteiger partial charge in [0.15, 0.2) is 5.03 Å². The van der Waals surface area contributed by atoms with Crippen LogP contribution in [0.15, 0.2) is 11.2 Å². The lowest BCUT2D eigenvalue weighted by Crippen LogP contribution is -2.54. The van der Waals surface area contributed by atoms with Gasteiger partial charge in [-0.25, -0.2) is 13.1 Å². The summed E-state index contributed by atoms with van der Waals surface area (Å²) in [5, 5.41) is 7.54. The molecule has 108 valence electrons. The summed E-state index contributed by atoms with van der Waals surface area (Å²) >= 11 is 0. The van der Waals surface area contributed by atoms with E-state index in [4.69, 9.17) is 0 Å². The summed E-state index contributed by atoms with van der Waals surface area (Å²) in [6, 6.07) is -0.0620. The molecule has 1 fully saturated rings. The molecular weight excluding hydrogens is 264 g/mol. The predicted octanol–water partition coefficient (Wildman–Crippen LogP) is 0.395. The lowest BCUT2D eigenvalue weighted by Gasteiger charge is -2.39. The molecule has 1 aliphatic heterocycles. The van der Waals surface area contributed by atoms with E-state index in [2.05, 4.69) is 29.0 Å². The molecule has 1 aromatic rings. The minimum absolute atomic E-state index is 0.0620. The third kappa shape index (κ3) is 2.82. The van der Waals surface area contributed by atoms with Crippen LogP contribution >= 0.6 is 0 Å². The minimum atomic E-state index is -3.53. The monoisotopic (exact) mass is 286 g/mol. The van der Waals surface area contributed by atoms with E-state index < -0.39 is 10.0 Å². The van der Waals surface area contributed by atoms with Gasteiger partial charge in [0.2, 0.25) is 0 Å². The smallest absolute Gasteiger partial charge is 0.258 e. The Hall–Kier alpha value is -0.920. The summed E-state index contributed by atoms with van der Waals surface area (Å²) in [7, 11) is -1.88. The van der Waals surface area contributed by atoms with Gasteiger partial charge in [-0.1, -0.05) is 13.8 Å². The third-order valence-electron chi connectivity index (χ3n) is 3.74. The van der Waals surface area contributed by atoms with E-state index in [1.54, 1.807) is 20.2 Å². The van der Waals surface area contributed by atoms with Crippen LogP contribution in [0, 0.1) is 12.3 Å². The second-order valence-electron chi connectivity index (χ2n) is 5.88. The number of aryl methyl sites for hydroxylation is 2. The third-order valence-corrected chi connectivity index (χ3v) is 5.43. The Morgan fingerprint density at radius 1 is 1.53 bits per heavy atom. The van der Waals surface area contributed by atoms with Crippen LogP contribution in [0.1, 0.15) is 25.8 Å². The molecule has 2 N–H and O–H groups in total. The first kappa shape index (κ1) is 14.5. The molecule has 0 amide bonds. The quantitative estimate of drug-likeness (QED) is 0.843. The van der Waals surface area contributed by atoms with E-state index in [0.717, 1.165) is 19.5 Å². The number of sulfonamides is 1. The maximum Gasteiger partial charge on any atom is 0.258 e. The van der Waals surface area contributed by atoms with Gasteiger partial charge in [-0.3, -0.25) is 4.68 Å². The summed E-state index contributed by atoms with van der Waals surface area (Å²) in [6.07, 6.45) is 2.37. The molecule has 1 atom stereocenters. The molecule has 0 aromatic carbocycles. The predicted molar refractivity (Wildman–Crippen MR) is 73.3 cm³/mol. The normalized spacial score (nSPS) is 23.5. The lowest BCUT2D eigenvalue weighted by atomic mass is 9.81. The highest BCUT2D eigenvalue weighted by atomic mass is 32.2. The van der Waals surface area contributed by atoms with Crippen LogP contribution in [-0.2, 0) is 17.1 Å². The molecule has 0 radical (unpaired) electrons. The van der Waals surface area contributed by atoms with E-state index in [-0.39, 0.29) is 16.5 Å².